The molecule has 0 nitrogen and oxygen atoms in total. The van der Waals surface area contributed by atoms with E-state index >= 15 is 0 Å². The Morgan fingerprint density at radius 3 is 1.36 bits per heavy atom. The summed E-state index contributed by atoms with van der Waals surface area (Å²) in [5.74, 6) is 0. The maximum atomic E-state index is 2.33. The number of benzene rings is 5. The van der Waals surface area contributed by atoms with Crippen LogP contribution in [0.5, 0.6) is 0 Å². The standard InChI is InChI=1S/C23H16.C2H6/c1-15-22-18(12-10-16-6-2-4-8-20(16)22)14-19-13-11-17-7-3-5-9-21(17)23(15)19;1-2/h2-14H,1H3;1-2H3. The molecule has 5 aromatic carbocycles. The number of hydrogen-bond donors (Lipinski definition) is 0. The van der Waals surface area contributed by atoms with Gasteiger partial charge in [-0.15, -0.1) is 0 Å². The Morgan fingerprint density at radius 1 is 0.480 bits per heavy atom. The monoisotopic (exact) mass is 322 g/mol. The van der Waals surface area contributed by atoms with Crippen molar-refractivity contribution in [2.45, 2.75) is 20.8 Å². The van der Waals surface area contributed by atoms with Crippen molar-refractivity contribution in [1.29, 1.82) is 0 Å². The van der Waals surface area contributed by atoms with Gasteiger partial charge in [0.2, 0.25) is 0 Å². The molecule has 0 heteroatoms. The van der Waals surface area contributed by atoms with E-state index in [9.17, 15) is 0 Å². The first-order chi connectivity index (χ1) is 12.3. The summed E-state index contributed by atoms with van der Waals surface area (Å²) < 4.78 is 0. The highest BCUT2D eigenvalue weighted by Crippen LogP contribution is 2.36. The predicted octanol–water partition coefficient (Wildman–Crippen LogP) is 7.63. The van der Waals surface area contributed by atoms with E-state index in [1.54, 1.807) is 0 Å². The number of aryl methyl sites for hydroxylation is 1. The highest BCUT2D eigenvalue weighted by atomic mass is 14.1. The number of rotatable bonds is 0. The Bertz CT molecular complexity index is 1120. The Kier molecular flexibility index (Phi) is 3.89. The van der Waals surface area contributed by atoms with Crippen molar-refractivity contribution in [2.24, 2.45) is 0 Å². The summed E-state index contributed by atoms with van der Waals surface area (Å²) >= 11 is 0. The van der Waals surface area contributed by atoms with Gasteiger partial charge in [-0.1, -0.05) is 86.6 Å². The third-order valence-electron chi connectivity index (χ3n) is 4.98. The molecule has 0 amide bonds. The van der Waals surface area contributed by atoms with E-state index in [0.29, 0.717) is 0 Å². The van der Waals surface area contributed by atoms with Gasteiger partial charge in [0.25, 0.3) is 0 Å². The van der Waals surface area contributed by atoms with Gasteiger partial charge in [0.1, 0.15) is 0 Å². The van der Waals surface area contributed by atoms with Crippen LogP contribution in [-0.4, -0.2) is 0 Å². The Labute approximate surface area is 148 Å². The summed E-state index contributed by atoms with van der Waals surface area (Å²) in [4.78, 5) is 0. The number of fused-ring (bicyclic) bond motifs is 6. The molecule has 0 aliphatic carbocycles. The van der Waals surface area contributed by atoms with Crippen LogP contribution in [0.4, 0.5) is 0 Å². The molecule has 0 heterocycles. The van der Waals surface area contributed by atoms with Crippen molar-refractivity contribution in [2.75, 3.05) is 0 Å². The second-order valence-corrected chi connectivity index (χ2v) is 6.27. The van der Waals surface area contributed by atoms with Crippen LogP contribution < -0.4 is 0 Å². The largest absolute Gasteiger partial charge is 0.0683 e. The summed E-state index contributed by atoms with van der Waals surface area (Å²) in [5.41, 5.74) is 1.38. The summed E-state index contributed by atoms with van der Waals surface area (Å²) in [6.07, 6.45) is 0. The Balaban J connectivity index is 0.000000758. The van der Waals surface area contributed by atoms with E-state index < -0.39 is 0 Å². The third-order valence-corrected chi connectivity index (χ3v) is 4.98. The molecule has 0 N–H and O–H groups in total. The predicted molar refractivity (Wildman–Crippen MR) is 113 cm³/mol. The lowest BCUT2D eigenvalue weighted by Crippen LogP contribution is -1.87. The van der Waals surface area contributed by atoms with E-state index in [-0.39, 0.29) is 0 Å². The van der Waals surface area contributed by atoms with Crippen LogP contribution in [0.1, 0.15) is 19.4 Å². The van der Waals surface area contributed by atoms with E-state index in [2.05, 4.69) is 85.8 Å². The fraction of sp³-hybridized carbons (Fsp3) is 0.120. The van der Waals surface area contributed by atoms with Crippen molar-refractivity contribution < 1.29 is 0 Å². The first-order valence-corrected chi connectivity index (χ1v) is 9.05. The summed E-state index contributed by atoms with van der Waals surface area (Å²) in [5, 5.41) is 10.7. The van der Waals surface area contributed by atoms with E-state index in [1.165, 1.54) is 48.7 Å². The van der Waals surface area contributed by atoms with E-state index in [1.807, 2.05) is 13.8 Å². The molecule has 0 bridgehead atoms. The molecule has 0 fully saturated rings. The molecule has 25 heavy (non-hydrogen) atoms. The van der Waals surface area contributed by atoms with Crippen molar-refractivity contribution in [3.63, 3.8) is 0 Å². The van der Waals surface area contributed by atoms with Crippen molar-refractivity contribution in [1.82, 2.24) is 0 Å². The van der Waals surface area contributed by atoms with Crippen LogP contribution in [0.25, 0.3) is 43.1 Å². The summed E-state index contributed by atoms with van der Waals surface area (Å²) in [7, 11) is 0. The summed E-state index contributed by atoms with van der Waals surface area (Å²) in [6.45, 7) is 6.27. The van der Waals surface area contributed by atoms with Gasteiger partial charge in [-0.25, -0.2) is 0 Å². The molecule has 0 aliphatic heterocycles. The smallest absolute Gasteiger partial charge is 0.00695 e. The average molecular weight is 322 g/mol. The first kappa shape index (κ1) is 15.7. The quantitative estimate of drug-likeness (QED) is 0.203. The van der Waals surface area contributed by atoms with Gasteiger partial charge in [0.05, 0.1) is 0 Å². The van der Waals surface area contributed by atoms with Gasteiger partial charge in [0.15, 0.2) is 0 Å². The molecule has 0 aromatic heterocycles. The Morgan fingerprint density at radius 2 is 0.880 bits per heavy atom. The SMILES string of the molecule is CC.Cc1c2c(ccc3ccccc32)cc2ccc3ccccc3c12. The molecule has 0 saturated carbocycles. The molecular weight excluding hydrogens is 300 g/mol. The topological polar surface area (TPSA) is 0 Å². The maximum absolute atomic E-state index is 2.33. The molecule has 0 spiro atoms. The maximum Gasteiger partial charge on any atom is -0.00695 e. The van der Waals surface area contributed by atoms with Gasteiger partial charge in [-0.05, 0) is 61.6 Å². The van der Waals surface area contributed by atoms with Crippen LogP contribution >= 0.6 is 0 Å². The second-order valence-electron chi connectivity index (χ2n) is 6.27. The molecule has 0 aliphatic rings. The minimum absolute atomic E-state index is 1.31. The lowest BCUT2D eigenvalue weighted by atomic mass is 9.91. The van der Waals surface area contributed by atoms with Crippen LogP contribution in [0.3, 0.4) is 0 Å². The van der Waals surface area contributed by atoms with Crippen molar-refractivity contribution in [3.8, 4) is 0 Å². The number of hydrogen-bond acceptors (Lipinski definition) is 0. The normalized spacial score (nSPS) is 11.0. The van der Waals surface area contributed by atoms with Gasteiger partial charge < -0.3 is 0 Å². The van der Waals surface area contributed by atoms with Crippen LogP contribution in [-0.2, 0) is 0 Å². The highest BCUT2D eigenvalue weighted by Gasteiger charge is 2.09. The fourth-order valence-electron chi connectivity index (χ4n) is 3.95. The molecule has 0 saturated heterocycles. The minimum Gasteiger partial charge on any atom is -0.0683 e. The lowest BCUT2D eigenvalue weighted by Gasteiger charge is -2.13. The molecule has 0 radical (unpaired) electrons. The molecule has 122 valence electrons. The van der Waals surface area contributed by atoms with Crippen LogP contribution in [0.2, 0.25) is 0 Å². The van der Waals surface area contributed by atoms with E-state index in [0.717, 1.165) is 0 Å². The fourth-order valence-corrected chi connectivity index (χ4v) is 3.95. The highest BCUT2D eigenvalue weighted by molar-refractivity contribution is 6.20. The van der Waals surface area contributed by atoms with Crippen molar-refractivity contribution in [3.05, 3.63) is 84.4 Å². The zero-order valence-electron chi connectivity index (χ0n) is 15.0. The van der Waals surface area contributed by atoms with Gasteiger partial charge in [-0.2, -0.15) is 0 Å². The molecule has 5 aromatic rings. The molecule has 0 atom stereocenters. The molecule has 5 rings (SSSR count). The third kappa shape index (κ3) is 2.37. The second kappa shape index (κ2) is 6.22. The first-order valence-electron chi connectivity index (χ1n) is 9.05. The zero-order chi connectivity index (χ0) is 17.4. The molecular formula is C25H22. The van der Waals surface area contributed by atoms with Gasteiger partial charge in [-0.3, -0.25) is 0 Å². The van der Waals surface area contributed by atoms with E-state index in [4.69, 9.17) is 0 Å². The Hall–Kier alpha value is -2.86. The van der Waals surface area contributed by atoms with Crippen LogP contribution in [0.15, 0.2) is 78.9 Å². The minimum atomic E-state index is 1.31. The van der Waals surface area contributed by atoms with Gasteiger partial charge in [0, 0.05) is 0 Å². The zero-order valence-corrected chi connectivity index (χ0v) is 15.0. The molecule has 0 unspecified atom stereocenters. The van der Waals surface area contributed by atoms with Crippen molar-refractivity contribution >= 4 is 43.1 Å². The summed E-state index contributed by atoms with van der Waals surface area (Å²) in [6, 6.07) is 28.6. The average Bonchev–Trinajstić information content (AvgIpc) is 2.69. The van der Waals surface area contributed by atoms with Crippen LogP contribution in [0, 0.1) is 6.92 Å². The lowest BCUT2D eigenvalue weighted by molar-refractivity contribution is 1.50. The van der Waals surface area contributed by atoms with Gasteiger partial charge >= 0.3 is 0 Å².